The molecule has 1 amide bonds. The smallest absolute Gasteiger partial charge is 0.255 e. The first-order chi connectivity index (χ1) is 8.66. The van der Waals surface area contributed by atoms with Gasteiger partial charge in [0, 0.05) is 24.7 Å². The molecule has 0 radical (unpaired) electrons. The molecule has 0 heterocycles. The fourth-order valence-electron chi connectivity index (χ4n) is 1.55. The Balaban J connectivity index is 2.37. The lowest BCUT2D eigenvalue weighted by Crippen LogP contribution is -2.25. The predicted octanol–water partition coefficient (Wildman–Crippen LogP) is 3.13. The Morgan fingerprint density at radius 2 is 2.17 bits per heavy atom. The van der Waals surface area contributed by atoms with Crippen molar-refractivity contribution in [3.63, 3.8) is 0 Å². The van der Waals surface area contributed by atoms with Gasteiger partial charge in [-0.1, -0.05) is 6.07 Å². The van der Waals surface area contributed by atoms with Gasteiger partial charge in [-0.2, -0.15) is 0 Å². The Labute approximate surface area is 115 Å². The molecular formula is C13H17BrFNO2. The summed E-state index contributed by atoms with van der Waals surface area (Å²) in [6, 6.07) is 4.48. The van der Waals surface area contributed by atoms with Crippen LogP contribution in [0.1, 0.15) is 29.6 Å². The van der Waals surface area contributed by atoms with E-state index in [1.807, 2.05) is 0 Å². The fourth-order valence-corrected chi connectivity index (χ4v) is 2.08. The average Bonchev–Trinajstić information content (AvgIpc) is 2.33. The van der Waals surface area contributed by atoms with Gasteiger partial charge in [0.2, 0.25) is 0 Å². The molecule has 0 aliphatic carbocycles. The lowest BCUT2D eigenvalue weighted by atomic mass is 10.2. The zero-order valence-corrected chi connectivity index (χ0v) is 11.9. The summed E-state index contributed by atoms with van der Waals surface area (Å²) in [6.45, 7) is 1.27. The summed E-state index contributed by atoms with van der Waals surface area (Å²) in [6.07, 6.45) is 2.81. The highest BCUT2D eigenvalue weighted by molar-refractivity contribution is 9.10. The van der Waals surface area contributed by atoms with Crippen LogP contribution in [-0.4, -0.2) is 26.2 Å². The summed E-state index contributed by atoms with van der Waals surface area (Å²) in [5, 5.41) is 2.71. The Hall–Kier alpha value is -0.940. The van der Waals surface area contributed by atoms with Crippen LogP contribution >= 0.6 is 15.9 Å². The maximum Gasteiger partial charge on any atom is 0.255 e. The Morgan fingerprint density at radius 3 is 2.83 bits per heavy atom. The second-order valence-electron chi connectivity index (χ2n) is 3.91. The number of halogens is 2. The molecule has 0 aliphatic rings. The third-order valence-electron chi connectivity index (χ3n) is 2.50. The molecule has 1 rings (SSSR count). The maximum absolute atomic E-state index is 13.5. The van der Waals surface area contributed by atoms with Gasteiger partial charge in [-0.3, -0.25) is 4.79 Å². The topological polar surface area (TPSA) is 38.3 Å². The molecule has 0 saturated heterocycles. The molecular weight excluding hydrogens is 301 g/mol. The molecule has 0 spiro atoms. The van der Waals surface area contributed by atoms with E-state index >= 15 is 0 Å². The molecule has 0 bridgehead atoms. The zero-order valence-electron chi connectivity index (χ0n) is 10.3. The second-order valence-corrected chi connectivity index (χ2v) is 4.76. The van der Waals surface area contributed by atoms with E-state index in [2.05, 4.69) is 21.2 Å². The number of carbonyl (C=O) groups excluding carboxylic acids is 1. The summed E-state index contributed by atoms with van der Waals surface area (Å²) in [5.74, 6) is -0.895. The van der Waals surface area contributed by atoms with Crippen LogP contribution in [0.25, 0.3) is 0 Å². The van der Waals surface area contributed by atoms with Crippen LogP contribution in [-0.2, 0) is 4.74 Å². The van der Waals surface area contributed by atoms with E-state index in [1.54, 1.807) is 19.2 Å². The van der Waals surface area contributed by atoms with E-state index in [4.69, 9.17) is 4.74 Å². The molecule has 0 fully saturated rings. The number of ether oxygens (including phenoxy) is 1. The van der Waals surface area contributed by atoms with Gasteiger partial charge in [0.15, 0.2) is 0 Å². The van der Waals surface area contributed by atoms with Crippen LogP contribution in [0.5, 0.6) is 0 Å². The van der Waals surface area contributed by atoms with Crippen molar-refractivity contribution in [2.75, 3.05) is 20.3 Å². The maximum atomic E-state index is 13.5. The van der Waals surface area contributed by atoms with E-state index < -0.39 is 5.82 Å². The lowest BCUT2D eigenvalue weighted by Gasteiger charge is -2.07. The van der Waals surface area contributed by atoms with Crippen molar-refractivity contribution in [3.8, 4) is 0 Å². The second kappa shape index (κ2) is 8.21. The number of unbranched alkanes of at least 4 members (excludes halogenated alkanes) is 2. The zero-order chi connectivity index (χ0) is 13.4. The highest BCUT2D eigenvalue weighted by atomic mass is 79.9. The third kappa shape index (κ3) is 4.74. The van der Waals surface area contributed by atoms with Gasteiger partial charge >= 0.3 is 0 Å². The average molecular weight is 318 g/mol. The van der Waals surface area contributed by atoms with Crippen LogP contribution in [0, 0.1) is 5.82 Å². The minimum Gasteiger partial charge on any atom is -0.385 e. The summed E-state index contributed by atoms with van der Waals surface area (Å²) in [5.41, 5.74) is 0.0643. The van der Waals surface area contributed by atoms with E-state index in [0.29, 0.717) is 11.0 Å². The van der Waals surface area contributed by atoms with Gasteiger partial charge in [-0.15, -0.1) is 0 Å². The number of carbonyl (C=O) groups is 1. The Morgan fingerprint density at radius 1 is 1.39 bits per heavy atom. The van der Waals surface area contributed by atoms with Gasteiger partial charge < -0.3 is 10.1 Å². The number of nitrogens with one attached hydrogen (secondary N) is 1. The molecule has 5 heteroatoms. The lowest BCUT2D eigenvalue weighted by molar-refractivity contribution is 0.0948. The number of methoxy groups -OCH3 is 1. The molecule has 1 aromatic carbocycles. The quantitative estimate of drug-likeness (QED) is 0.785. The first kappa shape index (κ1) is 15.1. The number of rotatable bonds is 7. The van der Waals surface area contributed by atoms with Crippen molar-refractivity contribution in [3.05, 3.63) is 34.1 Å². The normalized spacial score (nSPS) is 10.4. The largest absolute Gasteiger partial charge is 0.385 e. The van der Waals surface area contributed by atoms with Gasteiger partial charge in [0.25, 0.3) is 5.91 Å². The molecule has 1 aromatic rings. The first-order valence-corrected chi connectivity index (χ1v) is 6.67. The van der Waals surface area contributed by atoms with Crippen LogP contribution < -0.4 is 5.32 Å². The van der Waals surface area contributed by atoms with E-state index in [9.17, 15) is 9.18 Å². The molecule has 0 atom stereocenters. The van der Waals surface area contributed by atoms with E-state index in [-0.39, 0.29) is 11.5 Å². The Kier molecular flexibility index (Phi) is 6.90. The molecule has 1 N–H and O–H groups in total. The van der Waals surface area contributed by atoms with E-state index in [0.717, 1.165) is 25.9 Å². The number of amides is 1. The van der Waals surface area contributed by atoms with Crippen molar-refractivity contribution < 1.29 is 13.9 Å². The van der Waals surface area contributed by atoms with E-state index in [1.165, 1.54) is 6.07 Å². The van der Waals surface area contributed by atoms with Crippen LogP contribution in [0.3, 0.4) is 0 Å². The van der Waals surface area contributed by atoms with Crippen LogP contribution in [0.15, 0.2) is 22.7 Å². The van der Waals surface area contributed by atoms with Crippen molar-refractivity contribution in [1.29, 1.82) is 0 Å². The summed E-state index contributed by atoms with van der Waals surface area (Å²) >= 11 is 3.17. The van der Waals surface area contributed by atoms with Gasteiger partial charge in [-0.25, -0.2) is 4.39 Å². The first-order valence-electron chi connectivity index (χ1n) is 5.88. The van der Waals surface area contributed by atoms with Crippen molar-refractivity contribution in [1.82, 2.24) is 5.32 Å². The van der Waals surface area contributed by atoms with Gasteiger partial charge in [0.05, 0.1) is 5.56 Å². The minimum absolute atomic E-state index is 0.0643. The molecule has 3 nitrogen and oxygen atoms in total. The molecule has 0 aliphatic heterocycles. The molecule has 0 unspecified atom stereocenters. The predicted molar refractivity (Wildman–Crippen MR) is 72.2 cm³/mol. The Bertz CT molecular complexity index is 378. The monoisotopic (exact) mass is 317 g/mol. The van der Waals surface area contributed by atoms with Crippen molar-refractivity contribution >= 4 is 21.8 Å². The number of benzene rings is 1. The minimum atomic E-state index is -0.513. The van der Waals surface area contributed by atoms with Gasteiger partial charge in [-0.05, 0) is 47.3 Å². The third-order valence-corrected chi connectivity index (χ3v) is 3.16. The summed E-state index contributed by atoms with van der Waals surface area (Å²) in [7, 11) is 1.66. The summed E-state index contributed by atoms with van der Waals surface area (Å²) < 4.78 is 18.9. The standard InChI is InChI=1S/C13H17BrFNO2/c1-18-9-4-2-3-8-16-13(17)12-10(14)6-5-7-11(12)15/h5-7H,2-4,8-9H2,1H3,(H,16,17). The molecule has 18 heavy (non-hydrogen) atoms. The fraction of sp³-hybridized carbons (Fsp3) is 0.462. The van der Waals surface area contributed by atoms with Crippen LogP contribution in [0.2, 0.25) is 0 Å². The molecule has 100 valence electrons. The van der Waals surface area contributed by atoms with Crippen LogP contribution in [0.4, 0.5) is 4.39 Å². The van der Waals surface area contributed by atoms with Crippen molar-refractivity contribution in [2.45, 2.75) is 19.3 Å². The highest BCUT2D eigenvalue weighted by Crippen LogP contribution is 2.19. The number of hydrogen-bond acceptors (Lipinski definition) is 2. The highest BCUT2D eigenvalue weighted by Gasteiger charge is 2.14. The molecule has 0 aromatic heterocycles. The summed E-state index contributed by atoms with van der Waals surface area (Å²) in [4.78, 5) is 11.8. The van der Waals surface area contributed by atoms with Gasteiger partial charge in [0.1, 0.15) is 5.82 Å². The SMILES string of the molecule is COCCCCCNC(=O)c1c(F)cccc1Br. The van der Waals surface area contributed by atoms with Crippen molar-refractivity contribution in [2.24, 2.45) is 0 Å². The molecule has 0 saturated carbocycles. The number of hydrogen-bond donors (Lipinski definition) is 1.